The van der Waals surface area contributed by atoms with Crippen LogP contribution < -0.4 is 5.32 Å². The number of rotatable bonds is 5. The van der Waals surface area contributed by atoms with Crippen LogP contribution in [0.15, 0.2) is 29.3 Å². The number of guanidine groups is 1. The maximum absolute atomic E-state index is 8.98. The Morgan fingerprint density at radius 3 is 2.87 bits per heavy atom. The number of aliphatic imine (C=N–C) groups is 1. The summed E-state index contributed by atoms with van der Waals surface area (Å²) in [5.41, 5.74) is 1.80. The van der Waals surface area contributed by atoms with E-state index in [0.29, 0.717) is 18.2 Å². The molecular formula is C18H27N5. The average Bonchev–Trinajstić information content (AvgIpc) is 3.06. The Hall–Kier alpha value is -2.06. The van der Waals surface area contributed by atoms with Crippen LogP contribution in [0, 0.1) is 11.3 Å². The molecule has 1 heterocycles. The van der Waals surface area contributed by atoms with Gasteiger partial charge in [0.2, 0.25) is 0 Å². The molecule has 0 aromatic heterocycles. The molecule has 2 rings (SSSR count). The number of likely N-dealkylation sites (N-methyl/N-ethyl adjacent to an activating group) is 1. The van der Waals surface area contributed by atoms with E-state index in [2.05, 4.69) is 40.0 Å². The lowest BCUT2D eigenvalue weighted by Crippen LogP contribution is -2.43. The summed E-state index contributed by atoms with van der Waals surface area (Å²) in [6.45, 7) is 9.40. The van der Waals surface area contributed by atoms with Crippen molar-refractivity contribution in [3.05, 3.63) is 35.4 Å². The first kappa shape index (κ1) is 17.3. The third kappa shape index (κ3) is 4.46. The predicted molar refractivity (Wildman–Crippen MR) is 94.3 cm³/mol. The highest BCUT2D eigenvalue weighted by Crippen LogP contribution is 2.15. The molecule has 1 saturated heterocycles. The Balaban J connectivity index is 1.92. The van der Waals surface area contributed by atoms with Crippen LogP contribution in [-0.4, -0.2) is 55.0 Å². The number of nitriles is 1. The fraction of sp³-hybridized carbons (Fsp3) is 0.556. The lowest BCUT2D eigenvalue weighted by atomic mass is 10.1. The highest BCUT2D eigenvalue weighted by Gasteiger charge is 2.27. The Kier molecular flexibility index (Phi) is 6.42. The standard InChI is InChI=1S/C18H27N5/c1-4-22(5-2)17-9-10-23(14-17)18(20-3)21-13-16-8-6-7-15(11-16)12-19/h6-8,11,17H,4-5,9-10,13-14H2,1-3H3,(H,20,21). The minimum Gasteiger partial charge on any atom is -0.352 e. The molecule has 1 N–H and O–H groups in total. The van der Waals surface area contributed by atoms with Crippen molar-refractivity contribution in [2.45, 2.75) is 32.9 Å². The molecule has 0 aliphatic carbocycles. The molecule has 124 valence electrons. The fourth-order valence-corrected chi connectivity index (χ4v) is 3.24. The summed E-state index contributed by atoms with van der Waals surface area (Å²) >= 11 is 0. The summed E-state index contributed by atoms with van der Waals surface area (Å²) in [7, 11) is 1.83. The van der Waals surface area contributed by atoms with Crippen molar-refractivity contribution >= 4 is 5.96 Å². The van der Waals surface area contributed by atoms with Crippen LogP contribution >= 0.6 is 0 Å². The predicted octanol–water partition coefficient (Wildman–Crippen LogP) is 2.05. The Morgan fingerprint density at radius 1 is 1.43 bits per heavy atom. The Morgan fingerprint density at radius 2 is 2.22 bits per heavy atom. The second kappa shape index (κ2) is 8.54. The largest absolute Gasteiger partial charge is 0.352 e. The molecule has 1 aliphatic heterocycles. The van der Waals surface area contributed by atoms with Gasteiger partial charge in [-0.05, 0) is 37.2 Å². The summed E-state index contributed by atoms with van der Waals surface area (Å²) < 4.78 is 0. The molecule has 1 aromatic rings. The van der Waals surface area contributed by atoms with Gasteiger partial charge in [-0.2, -0.15) is 5.26 Å². The second-order valence-electron chi connectivity index (χ2n) is 5.82. The van der Waals surface area contributed by atoms with Crippen molar-refractivity contribution < 1.29 is 0 Å². The normalized spacial score (nSPS) is 18.3. The van der Waals surface area contributed by atoms with E-state index in [4.69, 9.17) is 5.26 Å². The van der Waals surface area contributed by atoms with Crippen LogP contribution in [-0.2, 0) is 6.54 Å². The quantitative estimate of drug-likeness (QED) is 0.668. The number of hydrogen-bond donors (Lipinski definition) is 1. The van der Waals surface area contributed by atoms with Crippen LogP contribution in [0.4, 0.5) is 0 Å². The van der Waals surface area contributed by atoms with Crippen molar-refractivity contribution in [3.63, 3.8) is 0 Å². The number of nitrogens with zero attached hydrogens (tertiary/aromatic N) is 4. The number of benzene rings is 1. The molecule has 0 radical (unpaired) electrons. The van der Waals surface area contributed by atoms with E-state index >= 15 is 0 Å². The molecular weight excluding hydrogens is 286 g/mol. The highest BCUT2D eigenvalue weighted by molar-refractivity contribution is 5.80. The summed E-state index contributed by atoms with van der Waals surface area (Å²) in [5.74, 6) is 0.946. The van der Waals surface area contributed by atoms with Gasteiger partial charge in [-0.1, -0.05) is 26.0 Å². The number of hydrogen-bond acceptors (Lipinski definition) is 3. The molecule has 5 heteroatoms. The fourth-order valence-electron chi connectivity index (χ4n) is 3.24. The van der Waals surface area contributed by atoms with Crippen LogP contribution in [0.25, 0.3) is 0 Å². The molecule has 0 saturated carbocycles. The zero-order valence-corrected chi connectivity index (χ0v) is 14.4. The number of nitrogens with one attached hydrogen (secondary N) is 1. The Labute approximate surface area is 139 Å². The van der Waals surface area contributed by atoms with E-state index < -0.39 is 0 Å². The molecule has 1 aromatic carbocycles. The van der Waals surface area contributed by atoms with Crippen molar-refractivity contribution in [3.8, 4) is 6.07 Å². The first-order valence-corrected chi connectivity index (χ1v) is 8.40. The minimum atomic E-state index is 0.616. The molecule has 1 aliphatic rings. The van der Waals surface area contributed by atoms with Gasteiger partial charge in [-0.3, -0.25) is 9.89 Å². The topological polar surface area (TPSA) is 54.7 Å². The molecule has 1 atom stereocenters. The van der Waals surface area contributed by atoms with E-state index in [0.717, 1.165) is 37.7 Å². The van der Waals surface area contributed by atoms with Crippen molar-refractivity contribution in [1.82, 2.24) is 15.1 Å². The van der Waals surface area contributed by atoms with Crippen LogP contribution in [0.1, 0.15) is 31.4 Å². The van der Waals surface area contributed by atoms with Gasteiger partial charge in [-0.15, -0.1) is 0 Å². The Bertz CT molecular complexity index is 571. The lowest BCUT2D eigenvalue weighted by molar-refractivity contribution is 0.223. The van der Waals surface area contributed by atoms with Gasteiger partial charge in [-0.25, -0.2) is 0 Å². The van der Waals surface area contributed by atoms with Gasteiger partial charge < -0.3 is 10.2 Å². The molecule has 0 spiro atoms. The van der Waals surface area contributed by atoms with Gasteiger partial charge in [0, 0.05) is 32.7 Å². The zero-order chi connectivity index (χ0) is 16.7. The lowest BCUT2D eigenvalue weighted by Gasteiger charge is -2.27. The SMILES string of the molecule is CCN(CC)C1CCN(C(=NC)NCc2cccc(C#N)c2)C1. The third-order valence-electron chi connectivity index (χ3n) is 4.51. The van der Waals surface area contributed by atoms with Gasteiger partial charge >= 0.3 is 0 Å². The van der Waals surface area contributed by atoms with Crippen molar-refractivity contribution in [2.75, 3.05) is 33.2 Å². The van der Waals surface area contributed by atoms with Crippen LogP contribution in [0.3, 0.4) is 0 Å². The number of likely N-dealkylation sites (tertiary alicyclic amines) is 1. The molecule has 1 unspecified atom stereocenters. The van der Waals surface area contributed by atoms with E-state index in [1.165, 1.54) is 6.42 Å². The summed E-state index contributed by atoms with van der Waals surface area (Å²) in [6.07, 6.45) is 1.19. The summed E-state index contributed by atoms with van der Waals surface area (Å²) in [4.78, 5) is 9.27. The molecule has 23 heavy (non-hydrogen) atoms. The highest BCUT2D eigenvalue weighted by atomic mass is 15.3. The third-order valence-corrected chi connectivity index (χ3v) is 4.51. The summed E-state index contributed by atoms with van der Waals surface area (Å²) in [6, 6.07) is 10.5. The maximum Gasteiger partial charge on any atom is 0.193 e. The first-order chi connectivity index (χ1) is 11.2. The van der Waals surface area contributed by atoms with Gasteiger partial charge in [0.25, 0.3) is 0 Å². The maximum atomic E-state index is 8.98. The van der Waals surface area contributed by atoms with E-state index in [-0.39, 0.29) is 0 Å². The molecule has 5 nitrogen and oxygen atoms in total. The monoisotopic (exact) mass is 313 g/mol. The van der Waals surface area contributed by atoms with E-state index in [1.807, 2.05) is 31.3 Å². The van der Waals surface area contributed by atoms with Gasteiger partial charge in [0.15, 0.2) is 5.96 Å². The van der Waals surface area contributed by atoms with E-state index in [1.54, 1.807) is 0 Å². The smallest absolute Gasteiger partial charge is 0.193 e. The van der Waals surface area contributed by atoms with Crippen LogP contribution in [0.5, 0.6) is 0 Å². The summed E-state index contributed by atoms with van der Waals surface area (Å²) in [5, 5.41) is 12.4. The van der Waals surface area contributed by atoms with Gasteiger partial charge in [0.1, 0.15) is 0 Å². The average molecular weight is 313 g/mol. The van der Waals surface area contributed by atoms with Gasteiger partial charge in [0.05, 0.1) is 11.6 Å². The van der Waals surface area contributed by atoms with Crippen molar-refractivity contribution in [2.24, 2.45) is 4.99 Å². The molecule has 0 bridgehead atoms. The first-order valence-electron chi connectivity index (χ1n) is 8.40. The minimum absolute atomic E-state index is 0.616. The van der Waals surface area contributed by atoms with Crippen LogP contribution in [0.2, 0.25) is 0 Å². The zero-order valence-electron chi connectivity index (χ0n) is 14.4. The second-order valence-corrected chi connectivity index (χ2v) is 5.82. The molecule has 1 fully saturated rings. The van der Waals surface area contributed by atoms with E-state index in [9.17, 15) is 0 Å². The molecule has 0 amide bonds. The van der Waals surface area contributed by atoms with Crippen molar-refractivity contribution in [1.29, 1.82) is 5.26 Å².